The Morgan fingerprint density at radius 2 is 1.86 bits per heavy atom. The van der Waals surface area contributed by atoms with Gasteiger partial charge in [-0.3, -0.25) is 0 Å². The van der Waals surface area contributed by atoms with Crippen LogP contribution in [0.1, 0.15) is 52.0 Å². The summed E-state index contributed by atoms with van der Waals surface area (Å²) in [6.45, 7) is 10.6. The molecule has 114 valence electrons. The maximum Gasteiger partial charge on any atom is 0.494 e. The van der Waals surface area contributed by atoms with Crippen molar-refractivity contribution in [3.8, 4) is 0 Å². The van der Waals surface area contributed by atoms with Gasteiger partial charge in [0, 0.05) is 6.54 Å². The minimum absolute atomic E-state index is 0.258. The highest BCUT2D eigenvalue weighted by molar-refractivity contribution is 6.62. The molecular formula is C17H26BNO2. The van der Waals surface area contributed by atoms with E-state index in [-0.39, 0.29) is 18.3 Å². The van der Waals surface area contributed by atoms with Crippen LogP contribution in [-0.2, 0) is 9.31 Å². The van der Waals surface area contributed by atoms with Crippen LogP contribution in [-0.4, -0.2) is 31.4 Å². The summed E-state index contributed by atoms with van der Waals surface area (Å²) in [4.78, 5) is 0. The smallest absolute Gasteiger partial charge is 0.399 e. The Hall–Kier alpha value is -0.835. The quantitative estimate of drug-likeness (QED) is 0.848. The molecule has 0 aromatic heterocycles. The number of piperidine rings is 1. The van der Waals surface area contributed by atoms with Crippen molar-refractivity contribution in [3.05, 3.63) is 29.8 Å². The first-order valence-electron chi connectivity index (χ1n) is 8.05. The van der Waals surface area contributed by atoms with E-state index in [9.17, 15) is 0 Å². The summed E-state index contributed by atoms with van der Waals surface area (Å²) in [7, 11) is -0.258. The highest BCUT2D eigenvalue weighted by atomic mass is 16.7. The summed E-state index contributed by atoms with van der Waals surface area (Å²) in [5.74, 6) is 0.612. The first kappa shape index (κ1) is 15.1. The number of hydrogen-bond donors (Lipinski definition) is 1. The number of rotatable bonds is 2. The van der Waals surface area contributed by atoms with Crippen LogP contribution in [0, 0.1) is 0 Å². The molecule has 0 radical (unpaired) electrons. The van der Waals surface area contributed by atoms with Gasteiger partial charge in [0.05, 0.1) is 11.2 Å². The van der Waals surface area contributed by atoms with Crippen molar-refractivity contribution in [1.82, 2.24) is 5.32 Å². The van der Waals surface area contributed by atoms with E-state index in [1.165, 1.54) is 18.4 Å². The molecule has 2 aliphatic heterocycles. The Morgan fingerprint density at radius 3 is 2.48 bits per heavy atom. The summed E-state index contributed by atoms with van der Waals surface area (Å²) >= 11 is 0. The summed E-state index contributed by atoms with van der Waals surface area (Å²) in [6.07, 6.45) is 2.52. The summed E-state index contributed by atoms with van der Waals surface area (Å²) in [6, 6.07) is 8.73. The molecule has 2 fully saturated rings. The lowest BCUT2D eigenvalue weighted by Crippen LogP contribution is -2.41. The maximum atomic E-state index is 6.15. The van der Waals surface area contributed by atoms with Crippen LogP contribution in [0.5, 0.6) is 0 Å². The number of nitrogens with one attached hydrogen (secondary N) is 1. The molecule has 1 atom stereocenters. The Kier molecular flexibility index (Phi) is 3.89. The van der Waals surface area contributed by atoms with Crippen molar-refractivity contribution in [2.45, 2.75) is 57.7 Å². The standard InChI is InChI=1S/C17H26BNO2/c1-16(2)17(3,4)21-18(20-16)15-9-5-7-13(11-15)14-8-6-10-19-12-14/h5,7,9,11,14,19H,6,8,10,12H2,1-4H3. The molecule has 1 aromatic rings. The van der Waals surface area contributed by atoms with Gasteiger partial charge < -0.3 is 14.6 Å². The fourth-order valence-corrected chi connectivity index (χ4v) is 3.08. The van der Waals surface area contributed by atoms with Gasteiger partial charge in [-0.15, -0.1) is 0 Å². The van der Waals surface area contributed by atoms with E-state index in [2.05, 4.69) is 57.3 Å². The fraction of sp³-hybridized carbons (Fsp3) is 0.647. The first-order valence-corrected chi connectivity index (χ1v) is 8.05. The van der Waals surface area contributed by atoms with Gasteiger partial charge in [0.15, 0.2) is 0 Å². The number of hydrogen-bond acceptors (Lipinski definition) is 3. The molecule has 0 bridgehead atoms. The van der Waals surface area contributed by atoms with Crippen molar-refractivity contribution in [2.75, 3.05) is 13.1 Å². The van der Waals surface area contributed by atoms with E-state index in [1.807, 2.05) is 0 Å². The topological polar surface area (TPSA) is 30.5 Å². The zero-order valence-electron chi connectivity index (χ0n) is 13.6. The molecule has 2 heterocycles. The van der Waals surface area contributed by atoms with Crippen molar-refractivity contribution in [2.24, 2.45) is 0 Å². The normalized spacial score (nSPS) is 27.8. The second-order valence-electron chi connectivity index (χ2n) is 7.30. The van der Waals surface area contributed by atoms with Gasteiger partial charge in [-0.05, 0) is 64.0 Å². The number of benzene rings is 1. The molecule has 2 saturated heterocycles. The average Bonchev–Trinajstić information content (AvgIpc) is 2.69. The van der Waals surface area contributed by atoms with E-state index in [0.717, 1.165) is 18.6 Å². The van der Waals surface area contributed by atoms with Crippen LogP contribution in [0.4, 0.5) is 0 Å². The first-order chi connectivity index (χ1) is 9.89. The van der Waals surface area contributed by atoms with Crippen LogP contribution in [0.25, 0.3) is 0 Å². The van der Waals surface area contributed by atoms with Crippen molar-refractivity contribution in [3.63, 3.8) is 0 Å². The minimum Gasteiger partial charge on any atom is -0.399 e. The van der Waals surface area contributed by atoms with Crippen molar-refractivity contribution < 1.29 is 9.31 Å². The zero-order chi connectivity index (χ0) is 15.1. The molecule has 0 amide bonds. The monoisotopic (exact) mass is 287 g/mol. The maximum absolute atomic E-state index is 6.15. The van der Waals surface area contributed by atoms with E-state index in [0.29, 0.717) is 5.92 Å². The molecule has 21 heavy (non-hydrogen) atoms. The van der Waals surface area contributed by atoms with E-state index >= 15 is 0 Å². The molecule has 3 nitrogen and oxygen atoms in total. The van der Waals surface area contributed by atoms with Gasteiger partial charge in [0.1, 0.15) is 0 Å². The predicted octanol–water partition coefficient (Wildman–Crippen LogP) is 2.45. The molecule has 1 aromatic carbocycles. The molecule has 3 rings (SSSR count). The lowest BCUT2D eigenvalue weighted by atomic mass is 9.77. The Bertz CT molecular complexity index is 493. The molecule has 0 aliphatic carbocycles. The van der Waals surface area contributed by atoms with Gasteiger partial charge in [-0.25, -0.2) is 0 Å². The van der Waals surface area contributed by atoms with Gasteiger partial charge in [-0.1, -0.05) is 24.3 Å². The molecule has 0 saturated carbocycles. The summed E-state index contributed by atoms with van der Waals surface area (Å²) in [5, 5.41) is 3.49. The third kappa shape index (κ3) is 2.89. The third-order valence-electron chi connectivity index (χ3n) is 5.20. The summed E-state index contributed by atoms with van der Waals surface area (Å²) < 4.78 is 12.3. The molecule has 0 spiro atoms. The third-order valence-corrected chi connectivity index (χ3v) is 5.20. The second kappa shape index (κ2) is 5.42. The highest BCUT2D eigenvalue weighted by Crippen LogP contribution is 2.36. The Labute approximate surface area is 128 Å². The summed E-state index contributed by atoms with van der Waals surface area (Å²) in [5.41, 5.74) is 1.98. The van der Waals surface area contributed by atoms with Gasteiger partial charge in [0.2, 0.25) is 0 Å². The largest absolute Gasteiger partial charge is 0.494 e. The lowest BCUT2D eigenvalue weighted by Gasteiger charge is -2.32. The van der Waals surface area contributed by atoms with Crippen LogP contribution in [0.2, 0.25) is 0 Å². The van der Waals surface area contributed by atoms with Gasteiger partial charge in [0.25, 0.3) is 0 Å². The van der Waals surface area contributed by atoms with Crippen LogP contribution in [0.15, 0.2) is 24.3 Å². The molecule has 1 unspecified atom stereocenters. The SMILES string of the molecule is CC1(C)OB(c2cccc(C3CCCNC3)c2)OC1(C)C. The van der Waals surface area contributed by atoms with Gasteiger partial charge in [-0.2, -0.15) is 0 Å². The molecule has 2 aliphatic rings. The van der Waals surface area contributed by atoms with Crippen LogP contribution >= 0.6 is 0 Å². The molecule has 4 heteroatoms. The molecule has 1 N–H and O–H groups in total. The van der Waals surface area contributed by atoms with E-state index < -0.39 is 0 Å². The Morgan fingerprint density at radius 1 is 1.14 bits per heavy atom. The highest BCUT2D eigenvalue weighted by Gasteiger charge is 2.51. The second-order valence-corrected chi connectivity index (χ2v) is 7.30. The van der Waals surface area contributed by atoms with Crippen LogP contribution in [0.3, 0.4) is 0 Å². The Balaban J connectivity index is 1.81. The van der Waals surface area contributed by atoms with E-state index in [1.54, 1.807) is 0 Å². The van der Waals surface area contributed by atoms with Crippen LogP contribution < -0.4 is 10.8 Å². The predicted molar refractivity (Wildman–Crippen MR) is 87.0 cm³/mol. The lowest BCUT2D eigenvalue weighted by molar-refractivity contribution is 0.00578. The zero-order valence-corrected chi connectivity index (χ0v) is 13.6. The van der Waals surface area contributed by atoms with Gasteiger partial charge >= 0.3 is 7.12 Å². The van der Waals surface area contributed by atoms with Crippen molar-refractivity contribution >= 4 is 12.6 Å². The van der Waals surface area contributed by atoms with Crippen molar-refractivity contribution in [1.29, 1.82) is 0 Å². The molecular weight excluding hydrogens is 261 g/mol. The minimum atomic E-state index is -0.278. The fourth-order valence-electron chi connectivity index (χ4n) is 3.08. The van der Waals surface area contributed by atoms with E-state index in [4.69, 9.17) is 9.31 Å². The average molecular weight is 287 g/mol.